The Morgan fingerprint density at radius 3 is 2.22 bits per heavy atom. The van der Waals surface area contributed by atoms with E-state index in [1.54, 1.807) is 21.1 Å². The normalized spacial score (nSPS) is 13.0. The molecule has 1 N–H and O–H groups in total. The highest BCUT2D eigenvalue weighted by Gasteiger charge is 2.21. The molecule has 2 rings (SSSR count). The van der Waals surface area contributed by atoms with Crippen molar-refractivity contribution in [2.24, 2.45) is 0 Å². The zero-order valence-electron chi connectivity index (χ0n) is 16.9. The second-order valence-electron chi connectivity index (χ2n) is 6.79. The largest absolute Gasteiger partial charge is 0.497 e. The maximum absolute atomic E-state index is 12.7. The summed E-state index contributed by atoms with van der Waals surface area (Å²) in [4.78, 5) is 12.7. The zero-order chi connectivity index (χ0) is 20.0. The van der Waals surface area contributed by atoms with E-state index in [9.17, 15) is 4.79 Å². The first kappa shape index (κ1) is 20.6. The molecule has 1 amide bonds. The SMILES string of the molecule is COc1ccc(OC)c([C@H](C)NC(=O)[C@H](C)Oc2ccccc2C(C)C)c1. The minimum Gasteiger partial charge on any atom is -0.497 e. The van der Waals surface area contributed by atoms with Crippen LogP contribution in [-0.4, -0.2) is 26.2 Å². The van der Waals surface area contributed by atoms with Gasteiger partial charge in [0, 0.05) is 5.56 Å². The Labute approximate surface area is 161 Å². The molecule has 0 aromatic heterocycles. The van der Waals surface area contributed by atoms with Crippen LogP contribution in [0.2, 0.25) is 0 Å². The van der Waals surface area contributed by atoms with Crippen molar-refractivity contribution in [1.82, 2.24) is 5.32 Å². The Balaban J connectivity index is 2.10. The van der Waals surface area contributed by atoms with Crippen LogP contribution in [-0.2, 0) is 4.79 Å². The highest BCUT2D eigenvalue weighted by atomic mass is 16.5. The van der Waals surface area contributed by atoms with Crippen LogP contribution in [0.25, 0.3) is 0 Å². The topological polar surface area (TPSA) is 56.8 Å². The van der Waals surface area contributed by atoms with Gasteiger partial charge in [0.05, 0.1) is 20.3 Å². The Bertz CT molecular complexity index is 773. The number of carbonyl (C=O) groups is 1. The van der Waals surface area contributed by atoms with Gasteiger partial charge in [-0.1, -0.05) is 32.0 Å². The van der Waals surface area contributed by atoms with Crippen molar-refractivity contribution in [3.8, 4) is 17.2 Å². The van der Waals surface area contributed by atoms with Gasteiger partial charge in [-0.3, -0.25) is 4.79 Å². The van der Waals surface area contributed by atoms with Gasteiger partial charge < -0.3 is 19.5 Å². The monoisotopic (exact) mass is 371 g/mol. The maximum atomic E-state index is 12.7. The molecule has 0 aliphatic heterocycles. The predicted octanol–water partition coefficient (Wildman–Crippen LogP) is 4.47. The highest BCUT2D eigenvalue weighted by molar-refractivity contribution is 5.81. The van der Waals surface area contributed by atoms with Crippen molar-refractivity contribution in [2.75, 3.05) is 14.2 Å². The lowest BCUT2D eigenvalue weighted by Gasteiger charge is -2.22. The molecule has 0 fully saturated rings. The van der Waals surface area contributed by atoms with E-state index in [0.717, 1.165) is 16.9 Å². The van der Waals surface area contributed by atoms with Crippen molar-refractivity contribution in [2.45, 2.75) is 45.8 Å². The van der Waals surface area contributed by atoms with E-state index in [1.807, 2.05) is 49.4 Å². The van der Waals surface area contributed by atoms with Gasteiger partial charge in [0.1, 0.15) is 17.2 Å². The molecule has 0 aliphatic rings. The van der Waals surface area contributed by atoms with Gasteiger partial charge in [-0.25, -0.2) is 0 Å². The van der Waals surface area contributed by atoms with Gasteiger partial charge in [-0.15, -0.1) is 0 Å². The lowest BCUT2D eigenvalue weighted by atomic mass is 10.0. The van der Waals surface area contributed by atoms with Crippen LogP contribution in [0, 0.1) is 0 Å². The van der Waals surface area contributed by atoms with Gasteiger partial charge in [0.2, 0.25) is 0 Å². The number of amides is 1. The summed E-state index contributed by atoms with van der Waals surface area (Å²) in [5.41, 5.74) is 1.93. The van der Waals surface area contributed by atoms with E-state index in [4.69, 9.17) is 14.2 Å². The Morgan fingerprint density at radius 2 is 1.59 bits per heavy atom. The molecule has 0 saturated carbocycles. The molecular formula is C22H29NO4. The molecule has 2 aromatic rings. The number of nitrogens with one attached hydrogen (secondary N) is 1. The fourth-order valence-electron chi connectivity index (χ4n) is 2.90. The van der Waals surface area contributed by atoms with E-state index in [0.29, 0.717) is 17.4 Å². The van der Waals surface area contributed by atoms with E-state index in [-0.39, 0.29) is 11.9 Å². The number of methoxy groups -OCH3 is 2. The van der Waals surface area contributed by atoms with E-state index in [1.165, 1.54) is 0 Å². The summed E-state index contributed by atoms with van der Waals surface area (Å²) in [5.74, 6) is 2.27. The van der Waals surface area contributed by atoms with E-state index >= 15 is 0 Å². The molecule has 146 valence electrons. The van der Waals surface area contributed by atoms with Crippen LogP contribution in [0.4, 0.5) is 0 Å². The minimum atomic E-state index is -0.621. The number of rotatable bonds is 8. The Kier molecular flexibility index (Phi) is 7.11. The minimum absolute atomic E-state index is 0.189. The van der Waals surface area contributed by atoms with Gasteiger partial charge in [-0.05, 0) is 49.6 Å². The molecule has 5 heteroatoms. The third-order valence-electron chi connectivity index (χ3n) is 4.48. The average molecular weight is 371 g/mol. The third-order valence-corrected chi connectivity index (χ3v) is 4.48. The van der Waals surface area contributed by atoms with Crippen molar-refractivity contribution in [3.05, 3.63) is 53.6 Å². The summed E-state index contributed by atoms with van der Waals surface area (Å²) >= 11 is 0. The lowest BCUT2D eigenvalue weighted by molar-refractivity contribution is -0.127. The number of carbonyl (C=O) groups excluding carboxylic acids is 1. The molecule has 0 saturated heterocycles. The summed E-state index contributed by atoms with van der Waals surface area (Å²) in [6, 6.07) is 13.1. The molecule has 27 heavy (non-hydrogen) atoms. The Hall–Kier alpha value is -2.69. The van der Waals surface area contributed by atoms with Crippen LogP contribution >= 0.6 is 0 Å². The second kappa shape index (κ2) is 9.31. The smallest absolute Gasteiger partial charge is 0.261 e. The number of para-hydroxylation sites is 1. The molecule has 0 radical (unpaired) electrons. The van der Waals surface area contributed by atoms with Crippen LogP contribution in [0.1, 0.15) is 50.8 Å². The molecule has 2 atom stereocenters. The van der Waals surface area contributed by atoms with Crippen molar-refractivity contribution in [1.29, 1.82) is 0 Å². The first-order valence-electron chi connectivity index (χ1n) is 9.15. The van der Waals surface area contributed by atoms with Gasteiger partial charge in [0.25, 0.3) is 5.91 Å². The summed E-state index contributed by atoms with van der Waals surface area (Å²) in [6.07, 6.45) is -0.621. The summed E-state index contributed by atoms with van der Waals surface area (Å²) in [6.45, 7) is 7.86. The lowest BCUT2D eigenvalue weighted by Crippen LogP contribution is -2.38. The van der Waals surface area contributed by atoms with Gasteiger partial charge in [-0.2, -0.15) is 0 Å². The predicted molar refractivity (Wildman–Crippen MR) is 107 cm³/mol. The summed E-state index contributed by atoms with van der Waals surface area (Å²) < 4.78 is 16.6. The first-order chi connectivity index (χ1) is 12.9. The molecule has 5 nitrogen and oxygen atoms in total. The molecule has 0 heterocycles. The van der Waals surface area contributed by atoms with Crippen molar-refractivity contribution in [3.63, 3.8) is 0 Å². The zero-order valence-corrected chi connectivity index (χ0v) is 16.9. The van der Waals surface area contributed by atoms with Crippen molar-refractivity contribution < 1.29 is 19.0 Å². The van der Waals surface area contributed by atoms with Crippen LogP contribution in [0.5, 0.6) is 17.2 Å². The van der Waals surface area contributed by atoms with Crippen molar-refractivity contribution >= 4 is 5.91 Å². The van der Waals surface area contributed by atoms with E-state index in [2.05, 4.69) is 19.2 Å². The van der Waals surface area contributed by atoms with Crippen LogP contribution in [0.15, 0.2) is 42.5 Å². The Morgan fingerprint density at radius 1 is 0.889 bits per heavy atom. The molecule has 0 unspecified atom stereocenters. The number of ether oxygens (including phenoxy) is 3. The fraction of sp³-hybridized carbons (Fsp3) is 0.409. The molecule has 2 aromatic carbocycles. The quantitative estimate of drug-likeness (QED) is 0.744. The molecule has 0 bridgehead atoms. The number of hydrogen-bond donors (Lipinski definition) is 1. The van der Waals surface area contributed by atoms with Crippen LogP contribution in [0.3, 0.4) is 0 Å². The second-order valence-corrected chi connectivity index (χ2v) is 6.79. The van der Waals surface area contributed by atoms with Gasteiger partial charge >= 0.3 is 0 Å². The first-order valence-corrected chi connectivity index (χ1v) is 9.15. The highest BCUT2D eigenvalue weighted by Crippen LogP contribution is 2.30. The van der Waals surface area contributed by atoms with Gasteiger partial charge in [0.15, 0.2) is 6.10 Å². The third kappa shape index (κ3) is 5.16. The summed E-state index contributed by atoms with van der Waals surface area (Å²) in [7, 11) is 3.21. The fourth-order valence-corrected chi connectivity index (χ4v) is 2.90. The molecular weight excluding hydrogens is 342 g/mol. The molecule has 0 aliphatic carbocycles. The maximum Gasteiger partial charge on any atom is 0.261 e. The standard InChI is InChI=1S/C22H29NO4/c1-14(2)18-9-7-8-10-21(18)27-16(4)22(24)23-15(3)19-13-17(25-5)11-12-20(19)26-6/h7-16H,1-6H3,(H,23,24)/t15-,16-/m0/s1. The average Bonchev–Trinajstić information content (AvgIpc) is 2.67. The molecule has 0 spiro atoms. The summed E-state index contributed by atoms with van der Waals surface area (Å²) in [5, 5.41) is 2.99. The van der Waals surface area contributed by atoms with Crippen LogP contribution < -0.4 is 19.5 Å². The number of benzene rings is 2. The number of hydrogen-bond acceptors (Lipinski definition) is 4. The van der Waals surface area contributed by atoms with E-state index < -0.39 is 6.10 Å².